The summed E-state index contributed by atoms with van der Waals surface area (Å²) < 4.78 is 5.69. The molecule has 4 rings (SSSR count). The Bertz CT molecular complexity index is 824. The molecule has 8 heteroatoms. The summed E-state index contributed by atoms with van der Waals surface area (Å²) in [5.41, 5.74) is 0.816. The summed E-state index contributed by atoms with van der Waals surface area (Å²) in [7, 11) is 0. The summed E-state index contributed by atoms with van der Waals surface area (Å²) >= 11 is 0. The molecule has 2 bridgehead atoms. The largest absolute Gasteiger partial charge is 0.377 e. The second kappa shape index (κ2) is 7.11. The van der Waals surface area contributed by atoms with Crippen molar-refractivity contribution >= 4 is 17.3 Å². The molecule has 0 amide bonds. The van der Waals surface area contributed by atoms with Gasteiger partial charge in [0.25, 0.3) is 5.69 Å². The van der Waals surface area contributed by atoms with Crippen LogP contribution in [0, 0.1) is 10.1 Å². The van der Waals surface area contributed by atoms with Crippen LogP contribution in [0.25, 0.3) is 11.4 Å². The first-order chi connectivity index (χ1) is 13.0. The third-order valence-electron chi connectivity index (χ3n) is 4.99. The minimum Gasteiger partial charge on any atom is -0.377 e. The van der Waals surface area contributed by atoms with Crippen LogP contribution in [-0.2, 0) is 4.74 Å². The van der Waals surface area contributed by atoms with Crippen LogP contribution in [0.4, 0.5) is 17.3 Å². The summed E-state index contributed by atoms with van der Waals surface area (Å²) in [5, 5.41) is 14.3. The zero-order chi connectivity index (χ0) is 19.0. The lowest BCUT2D eigenvalue weighted by molar-refractivity contribution is -0.384. The third kappa shape index (κ3) is 3.57. The number of rotatable bonds is 5. The first kappa shape index (κ1) is 17.7. The number of nitro groups is 1. The number of hydrogen-bond acceptors (Lipinski definition) is 7. The summed E-state index contributed by atoms with van der Waals surface area (Å²) in [6.45, 7) is 5.57. The molecule has 0 spiro atoms. The Morgan fingerprint density at radius 2 is 1.85 bits per heavy atom. The Kier molecular flexibility index (Phi) is 4.65. The predicted molar refractivity (Wildman–Crippen MR) is 103 cm³/mol. The van der Waals surface area contributed by atoms with E-state index < -0.39 is 4.92 Å². The van der Waals surface area contributed by atoms with Gasteiger partial charge in [0.2, 0.25) is 0 Å². The van der Waals surface area contributed by atoms with E-state index in [1.165, 1.54) is 12.1 Å². The SMILES string of the molecule is CC(C)Nc1cc(N2C3CCC2COC3)nc(-c2ccc([N+](=O)[O-])cc2)n1. The smallest absolute Gasteiger partial charge is 0.269 e. The first-order valence-electron chi connectivity index (χ1n) is 9.28. The van der Waals surface area contributed by atoms with Crippen molar-refractivity contribution in [2.75, 3.05) is 23.4 Å². The lowest BCUT2D eigenvalue weighted by Gasteiger charge is -2.36. The van der Waals surface area contributed by atoms with E-state index in [4.69, 9.17) is 9.72 Å². The molecule has 2 unspecified atom stereocenters. The van der Waals surface area contributed by atoms with Crippen LogP contribution in [0.5, 0.6) is 0 Å². The lowest BCUT2D eigenvalue weighted by atomic mass is 10.2. The van der Waals surface area contributed by atoms with E-state index in [-0.39, 0.29) is 11.7 Å². The van der Waals surface area contributed by atoms with Crippen molar-refractivity contribution in [3.63, 3.8) is 0 Å². The number of benzene rings is 1. The number of fused-ring (bicyclic) bond motifs is 2. The van der Waals surface area contributed by atoms with E-state index in [2.05, 4.69) is 29.0 Å². The van der Waals surface area contributed by atoms with Gasteiger partial charge in [0.15, 0.2) is 5.82 Å². The van der Waals surface area contributed by atoms with Gasteiger partial charge in [0.1, 0.15) is 11.6 Å². The summed E-state index contributed by atoms with van der Waals surface area (Å²) in [5.74, 6) is 2.21. The lowest BCUT2D eigenvalue weighted by Crippen LogP contribution is -2.46. The molecule has 142 valence electrons. The van der Waals surface area contributed by atoms with E-state index in [0.29, 0.717) is 17.9 Å². The Morgan fingerprint density at radius 1 is 1.19 bits per heavy atom. The molecule has 0 aliphatic carbocycles. The van der Waals surface area contributed by atoms with Crippen molar-refractivity contribution in [2.24, 2.45) is 0 Å². The Hall–Kier alpha value is -2.74. The van der Waals surface area contributed by atoms with Crippen molar-refractivity contribution in [1.82, 2.24) is 9.97 Å². The molecule has 1 aromatic carbocycles. The summed E-state index contributed by atoms with van der Waals surface area (Å²) in [6, 6.07) is 9.28. The van der Waals surface area contributed by atoms with E-state index in [1.807, 2.05) is 6.07 Å². The predicted octanol–water partition coefficient (Wildman–Crippen LogP) is 3.24. The van der Waals surface area contributed by atoms with E-state index >= 15 is 0 Å². The monoisotopic (exact) mass is 369 g/mol. The van der Waals surface area contributed by atoms with Crippen molar-refractivity contribution in [2.45, 2.75) is 44.8 Å². The number of non-ortho nitro benzene ring substituents is 1. The van der Waals surface area contributed by atoms with Gasteiger partial charge in [-0.3, -0.25) is 10.1 Å². The molecule has 2 saturated heterocycles. The summed E-state index contributed by atoms with van der Waals surface area (Å²) in [4.78, 5) is 22.3. The molecular formula is C19H23N5O3. The van der Waals surface area contributed by atoms with E-state index in [9.17, 15) is 10.1 Å². The average molecular weight is 369 g/mol. The number of ether oxygens (including phenoxy) is 1. The zero-order valence-electron chi connectivity index (χ0n) is 15.5. The Balaban J connectivity index is 1.73. The number of nitrogens with one attached hydrogen (secondary N) is 1. The second-order valence-corrected chi connectivity index (χ2v) is 7.37. The maximum absolute atomic E-state index is 10.9. The number of morpholine rings is 1. The first-order valence-corrected chi connectivity index (χ1v) is 9.28. The van der Waals surface area contributed by atoms with Crippen molar-refractivity contribution in [3.8, 4) is 11.4 Å². The van der Waals surface area contributed by atoms with Gasteiger partial charge in [0.05, 0.1) is 30.2 Å². The number of nitrogens with zero attached hydrogens (tertiary/aromatic N) is 4. The normalized spacial score (nSPS) is 21.5. The van der Waals surface area contributed by atoms with Crippen LogP contribution in [0.3, 0.4) is 0 Å². The summed E-state index contributed by atoms with van der Waals surface area (Å²) in [6.07, 6.45) is 2.21. The van der Waals surface area contributed by atoms with Gasteiger partial charge in [-0.25, -0.2) is 9.97 Å². The highest BCUT2D eigenvalue weighted by Gasteiger charge is 2.38. The van der Waals surface area contributed by atoms with Gasteiger partial charge < -0.3 is 15.0 Å². The van der Waals surface area contributed by atoms with Crippen molar-refractivity contribution in [3.05, 3.63) is 40.4 Å². The molecule has 0 saturated carbocycles. The maximum atomic E-state index is 10.9. The minimum atomic E-state index is -0.405. The molecular weight excluding hydrogens is 346 g/mol. The molecule has 27 heavy (non-hydrogen) atoms. The molecule has 2 atom stereocenters. The van der Waals surface area contributed by atoms with Gasteiger partial charge in [-0.1, -0.05) is 0 Å². The van der Waals surface area contributed by atoms with Crippen LogP contribution < -0.4 is 10.2 Å². The van der Waals surface area contributed by atoms with Crippen LogP contribution in [0.2, 0.25) is 0 Å². The fraction of sp³-hybridized carbons (Fsp3) is 0.474. The Morgan fingerprint density at radius 3 is 2.44 bits per heavy atom. The van der Waals surface area contributed by atoms with Crippen molar-refractivity contribution in [1.29, 1.82) is 0 Å². The van der Waals surface area contributed by atoms with Crippen LogP contribution in [0.1, 0.15) is 26.7 Å². The zero-order valence-corrected chi connectivity index (χ0v) is 15.5. The molecule has 8 nitrogen and oxygen atoms in total. The number of anilines is 2. The van der Waals surface area contributed by atoms with Crippen molar-refractivity contribution < 1.29 is 9.66 Å². The molecule has 1 N–H and O–H groups in total. The molecule has 2 aromatic rings. The molecule has 3 heterocycles. The minimum absolute atomic E-state index is 0.0571. The highest BCUT2D eigenvalue weighted by Crippen LogP contribution is 2.35. The van der Waals surface area contributed by atoms with Gasteiger partial charge in [-0.15, -0.1) is 0 Å². The van der Waals surface area contributed by atoms with Gasteiger partial charge in [-0.05, 0) is 38.8 Å². The number of aromatic nitrogens is 2. The Labute approximate surface area is 157 Å². The molecule has 2 aliphatic rings. The standard InChI is InChI=1S/C19H23N5O3/c1-12(2)20-17-9-18(23-15-7-8-16(23)11-27-10-15)22-19(21-17)13-3-5-14(6-4-13)24(25)26/h3-6,9,12,15-16H,7-8,10-11H2,1-2H3,(H,20,21,22). The van der Waals surface area contributed by atoms with Gasteiger partial charge in [0, 0.05) is 29.8 Å². The second-order valence-electron chi connectivity index (χ2n) is 7.37. The highest BCUT2D eigenvalue weighted by atomic mass is 16.6. The maximum Gasteiger partial charge on any atom is 0.269 e. The fourth-order valence-corrected chi connectivity index (χ4v) is 3.80. The number of hydrogen-bond donors (Lipinski definition) is 1. The fourth-order valence-electron chi connectivity index (χ4n) is 3.80. The molecule has 2 fully saturated rings. The topological polar surface area (TPSA) is 93.4 Å². The van der Waals surface area contributed by atoms with E-state index in [1.54, 1.807) is 12.1 Å². The van der Waals surface area contributed by atoms with Crippen LogP contribution in [0.15, 0.2) is 30.3 Å². The quantitative estimate of drug-likeness (QED) is 0.639. The van der Waals surface area contributed by atoms with Gasteiger partial charge >= 0.3 is 0 Å². The average Bonchev–Trinajstić information content (AvgIpc) is 2.90. The highest BCUT2D eigenvalue weighted by molar-refractivity contribution is 5.64. The van der Waals surface area contributed by atoms with Gasteiger partial charge in [-0.2, -0.15) is 0 Å². The molecule has 1 aromatic heterocycles. The van der Waals surface area contributed by atoms with Crippen LogP contribution in [-0.4, -0.2) is 46.2 Å². The molecule has 2 aliphatic heterocycles. The number of nitro benzene ring substituents is 1. The molecule has 0 radical (unpaired) electrons. The van der Waals surface area contributed by atoms with E-state index in [0.717, 1.165) is 43.3 Å². The van der Waals surface area contributed by atoms with Crippen LogP contribution >= 0.6 is 0 Å². The third-order valence-corrected chi connectivity index (χ3v) is 4.99.